The van der Waals surface area contributed by atoms with Gasteiger partial charge >= 0.3 is 0 Å². The van der Waals surface area contributed by atoms with Crippen molar-refractivity contribution in [1.82, 2.24) is 5.32 Å². The average Bonchev–Trinajstić information content (AvgIpc) is 2.53. The van der Waals surface area contributed by atoms with E-state index < -0.39 is 4.92 Å². The third kappa shape index (κ3) is 3.78. The van der Waals surface area contributed by atoms with Crippen LogP contribution in [0, 0.1) is 10.1 Å². The SMILES string of the molecule is CSc1ccc(C(=O)NCc2ccccc2Cl)cc1[N+](=O)[O-]. The number of thioether (sulfide) groups is 1. The molecule has 0 radical (unpaired) electrons. The first kappa shape index (κ1) is 16.3. The maximum absolute atomic E-state index is 12.1. The number of halogens is 1. The van der Waals surface area contributed by atoms with Crippen LogP contribution in [0.1, 0.15) is 15.9 Å². The van der Waals surface area contributed by atoms with E-state index in [4.69, 9.17) is 11.6 Å². The third-order valence-electron chi connectivity index (χ3n) is 3.03. The number of carbonyl (C=O) groups is 1. The molecule has 2 aromatic rings. The molecule has 22 heavy (non-hydrogen) atoms. The molecule has 0 aromatic heterocycles. The second kappa shape index (κ2) is 7.29. The maximum atomic E-state index is 12.1. The summed E-state index contributed by atoms with van der Waals surface area (Å²) in [5.74, 6) is -0.379. The van der Waals surface area contributed by atoms with Crippen LogP contribution in [-0.2, 0) is 6.54 Å². The Balaban J connectivity index is 2.15. The molecule has 0 bridgehead atoms. The number of carbonyl (C=O) groups excluding carboxylic acids is 1. The van der Waals surface area contributed by atoms with E-state index in [2.05, 4.69) is 5.32 Å². The Labute approximate surface area is 136 Å². The highest BCUT2D eigenvalue weighted by Gasteiger charge is 2.17. The van der Waals surface area contributed by atoms with Gasteiger partial charge in [0.2, 0.25) is 0 Å². The number of nitrogens with zero attached hydrogens (tertiary/aromatic N) is 1. The van der Waals surface area contributed by atoms with Crippen LogP contribution in [0.15, 0.2) is 47.4 Å². The van der Waals surface area contributed by atoms with Crippen molar-refractivity contribution in [1.29, 1.82) is 0 Å². The van der Waals surface area contributed by atoms with Gasteiger partial charge in [-0.15, -0.1) is 11.8 Å². The minimum Gasteiger partial charge on any atom is -0.348 e. The highest BCUT2D eigenvalue weighted by atomic mass is 35.5. The quantitative estimate of drug-likeness (QED) is 0.510. The van der Waals surface area contributed by atoms with Crippen LogP contribution >= 0.6 is 23.4 Å². The van der Waals surface area contributed by atoms with E-state index in [1.807, 2.05) is 12.1 Å². The summed E-state index contributed by atoms with van der Waals surface area (Å²) in [5.41, 5.74) is 0.960. The summed E-state index contributed by atoms with van der Waals surface area (Å²) in [7, 11) is 0. The molecule has 0 atom stereocenters. The summed E-state index contributed by atoms with van der Waals surface area (Å²) in [6.07, 6.45) is 1.75. The van der Waals surface area contributed by atoms with Gasteiger partial charge in [0.15, 0.2) is 0 Å². The van der Waals surface area contributed by atoms with Crippen molar-refractivity contribution >= 4 is 35.0 Å². The van der Waals surface area contributed by atoms with Crippen molar-refractivity contribution in [3.8, 4) is 0 Å². The first-order valence-corrected chi connectivity index (χ1v) is 7.97. The van der Waals surface area contributed by atoms with Crippen LogP contribution in [0.5, 0.6) is 0 Å². The smallest absolute Gasteiger partial charge is 0.283 e. The lowest BCUT2D eigenvalue weighted by Gasteiger charge is -2.08. The van der Waals surface area contributed by atoms with Gasteiger partial charge in [-0.1, -0.05) is 29.8 Å². The van der Waals surface area contributed by atoms with E-state index >= 15 is 0 Å². The van der Waals surface area contributed by atoms with Crippen LogP contribution in [0.25, 0.3) is 0 Å². The number of nitro groups is 1. The predicted octanol–water partition coefficient (Wildman–Crippen LogP) is 3.90. The molecule has 0 saturated heterocycles. The van der Waals surface area contributed by atoms with Crippen LogP contribution in [0.2, 0.25) is 5.02 Å². The van der Waals surface area contributed by atoms with Crippen molar-refractivity contribution < 1.29 is 9.72 Å². The van der Waals surface area contributed by atoms with E-state index in [9.17, 15) is 14.9 Å². The van der Waals surface area contributed by atoms with Crippen LogP contribution in [0.3, 0.4) is 0 Å². The zero-order valence-corrected chi connectivity index (χ0v) is 13.3. The van der Waals surface area contributed by atoms with Gasteiger partial charge in [0.25, 0.3) is 11.6 Å². The van der Waals surface area contributed by atoms with E-state index in [0.717, 1.165) is 5.56 Å². The lowest BCUT2D eigenvalue weighted by molar-refractivity contribution is -0.387. The fourth-order valence-electron chi connectivity index (χ4n) is 1.89. The van der Waals surface area contributed by atoms with Gasteiger partial charge in [0, 0.05) is 23.2 Å². The molecule has 2 rings (SSSR count). The largest absolute Gasteiger partial charge is 0.348 e. The first-order valence-electron chi connectivity index (χ1n) is 6.37. The summed E-state index contributed by atoms with van der Waals surface area (Å²) in [6.45, 7) is 0.260. The number of amides is 1. The monoisotopic (exact) mass is 336 g/mol. The number of rotatable bonds is 5. The molecule has 2 aromatic carbocycles. The highest BCUT2D eigenvalue weighted by Crippen LogP contribution is 2.28. The number of hydrogen-bond acceptors (Lipinski definition) is 4. The molecule has 1 amide bonds. The number of nitrogens with one attached hydrogen (secondary N) is 1. The fourth-order valence-corrected chi connectivity index (χ4v) is 2.64. The van der Waals surface area contributed by atoms with E-state index in [-0.39, 0.29) is 23.7 Å². The normalized spacial score (nSPS) is 10.3. The minimum absolute atomic E-state index is 0.0714. The lowest BCUT2D eigenvalue weighted by atomic mass is 10.1. The standard InChI is InChI=1S/C15H13ClN2O3S/c1-22-14-7-6-10(8-13(14)18(20)21)15(19)17-9-11-4-2-3-5-12(11)16/h2-8H,9H2,1H3,(H,17,19). The second-order valence-corrected chi connectivity index (χ2v) is 5.67. The Kier molecular flexibility index (Phi) is 5.41. The van der Waals surface area contributed by atoms with Gasteiger partial charge in [0.1, 0.15) is 0 Å². The molecule has 0 spiro atoms. The molecule has 5 nitrogen and oxygen atoms in total. The molecule has 0 unspecified atom stereocenters. The molecule has 0 heterocycles. The van der Waals surface area contributed by atoms with Crippen molar-refractivity contribution in [3.05, 3.63) is 68.7 Å². The number of hydrogen-bond donors (Lipinski definition) is 1. The summed E-state index contributed by atoms with van der Waals surface area (Å²) in [5, 5.41) is 14.3. The zero-order valence-electron chi connectivity index (χ0n) is 11.7. The summed E-state index contributed by atoms with van der Waals surface area (Å²) in [6, 6.07) is 11.6. The molecule has 0 saturated carbocycles. The molecular formula is C15H13ClN2O3S. The van der Waals surface area contributed by atoms with Crippen LogP contribution in [0.4, 0.5) is 5.69 Å². The molecular weight excluding hydrogens is 324 g/mol. The van der Waals surface area contributed by atoms with Crippen molar-refractivity contribution in [2.24, 2.45) is 0 Å². The summed E-state index contributed by atoms with van der Waals surface area (Å²) >= 11 is 7.28. The Morgan fingerprint density at radius 2 is 2.05 bits per heavy atom. The van der Waals surface area contributed by atoms with Crippen LogP contribution in [-0.4, -0.2) is 17.1 Å². The molecule has 0 aliphatic carbocycles. The lowest BCUT2D eigenvalue weighted by Crippen LogP contribution is -2.23. The first-order chi connectivity index (χ1) is 10.5. The molecule has 0 aliphatic rings. The second-order valence-electron chi connectivity index (χ2n) is 4.42. The van der Waals surface area contributed by atoms with Gasteiger partial charge in [-0.25, -0.2) is 0 Å². The molecule has 7 heteroatoms. The number of nitro benzene ring substituents is 1. The van der Waals surface area contributed by atoms with E-state index in [1.54, 1.807) is 30.5 Å². The average molecular weight is 337 g/mol. The Hall–Kier alpha value is -2.05. The van der Waals surface area contributed by atoms with Crippen molar-refractivity contribution in [2.75, 3.05) is 6.26 Å². The molecule has 0 fully saturated rings. The Morgan fingerprint density at radius 1 is 1.32 bits per heavy atom. The molecule has 1 N–H and O–H groups in total. The van der Waals surface area contributed by atoms with Gasteiger partial charge in [-0.05, 0) is 30.0 Å². The van der Waals surface area contributed by atoms with E-state index in [1.165, 1.54) is 17.8 Å². The Bertz CT molecular complexity index is 722. The van der Waals surface area contributed by atoms with Gasteiger partial charge in [-0.2, -0.15) is 0 Å². The number of benzene rings is 2. The Morgan fingerprint density at radius 3 is 2.68 bits per heavy atom. The third-order valence-corrected chi connectivity index (χ3v) is 4.19. The van der Waals surface area contributed by atoms with Gasteiger partial charge in [0.05, 0.1) is 9.82 Å². The maximum Gasteiger partial charge on any atom is 0.283 e. The summed E-state index contributed by atoms with van der Waals surface area (Å²) in [4.78, 5) is 23.2. The fraction of sp³-hybridized carbons (Fsp3) is 0.133. The van der Waals surface area contributed by atoms with E-state index in [0.29, 0.717) is 9.92 Å². The molecule has 0 aliphatic heterocycles. The van der Waals surface area contributed by atoms with Gasteiger partial charge in [-0.3, -0.25) is 14.9 Å². The van der Waals surface area contributed by atoms with Crippen molar-refractivity contribution in [3.63, 3.8) is 0 Å². The predicted molar refractivity (Wildman–Crippen MR) is 87.5 cm³/mol. The minimum atomic E-state index is -0.489. The van der Waals surface area contributed by atoms with Gasteiger partial charge < -0.3 is 5.32 Å². The summed E-state index contributed by atoms with van der Waals surface area (Å²) < 4.78 is 0. The highest BCUT2D eigenvalue weighted by molar-refractivity contribution is 7.98. The topological polar surface area (TPSA) is 72.2 Å². The zero-order chi connectivity index (χ0) is 16.1. The van der Waals surface area contributed by atoms with Crippen LogP contribution < -0.4 is 5.32 Å². The molecule has 114 valence electrons. The van der Waals surface area contributed by atoms with Crippen molar-refractivity contribution in [2.45, 2.75) is 11.4 Å².